The summed E-state index contributed by atoms with van der Waals surface area (Å²) in [6.07, 6.45) is 1.57. The number of hydrogen-bond acceptors (Lipinski definition) is 5. The summed E-state index contributed by atoms with van der Waals surface area (Å²) in [5.74, 6) is 0.0428. The minimum Gasteiger partial charge on any atom is -0.383 e. The van der Waals surface area contributed by atoms with Crippen LogP contribution in [-0.4, -0.2) is 28.0 Å². The Hall–Kier alpha value is -2.38. The quantitative estimate of drug-likeness (QED) is 0.806. The lowest BCUT2D eigenvalue weighted by molar-refractivity contribution is -0.142. The molecule has 134 valence electrons. The second-order valence-electron chi connectivity index (χ2n) is 6.07. The van der Waals surface area contributed by atoms with Crippen molar-refractivity contribution in [3.63, 3.8) is 0 Å². The van der Waals surface area contributed by atoms with Crippen molar-refractivity contribution in [3.05, 3.63) is 41.0 Å². The molecule has 2 aromatic rings. The molecule has 5 nitrogen and oxygen atoms in total. The number of nitrogens with zero attached hydrogens (tertiary/aromatic N) is 3. The first kappa shape index (κ1) is 17.4. The number of pyridine rings is 1. The number of nitrogens with one attached hydrogen (secondary N) is 2. The van der Waals surface area contributed by atoms with Gasteiger partial charge in [-0.25, -0.2) is 9.97 Å². The highest BCUT2D eigenvalue weighted by Gasteiger charge is 2.37. The molecule has 2 heterocycles. The van der Waals surface area contributed by atoms with E-state index in [0.29, 0.717) is 31.6 Å². The molecule has 0 unspecified atom stereocenters. The standard InChI is InChI=1S/C17H20F3N5/c1-11-10-21-7-6-13(11)22-8-9-23-16-24-14-5-3-2-4-12(14)15(25-16)17(18,19)20/h6-7,10H,2-5,8-9H2,1H3,(H,21,22)(H,23,24,25). The zero-order chi connectivity index (χ0) is 17.9. The number of rotatable bonds is 5. The Morgan fingerprint density at radius 3 is 2.60 bits per heavy atom. The van der Waals surface area contributed by atoms with E-state index in [1.165, 1.54) is 0 Å². The third kappa shape index (κ3) is 4.18. The van der Waals surface area contributed by atoms with Crippen molar-refractivity contribution in [2.45, 2.75) is 38.8 Å². The van der Waals surface area contributed by atoms with Crippen LogP contribution in [-0.2, 0) is 19.0 Å². The van der Waals surface area contributed by atoms with Crippen LogP contribution in [0, 0.1) is 6.92 Å². The van der Waals surface area contributed by atoms with Gasteiger partial charge in [0, 0.05) is 42.4 Å². The second-order valence-corrected chi connectivity index (χ2v) is 6.07. The maximum absolute atomic E-state index is 13.3. The van der Waals surface area contributed by atoms with Gasteiger partial charge in [0.25, 0.3) is 0 Å². The molecule has 0 aliphatic heterocycles. The molecule has 1 aliphatic rings. The van der Waals surface area contributed by atoms with Crippen molar-refractivity contribution >= 4 is 11.6 Å². The van der Waals surface area contributed by atoms with Crippen LogP contribution in [0.4, 0.5) is 24.8 Å². The van der Waals surface area contributed by atoms with Crippen molar-refractivity contribution in [1.82, 2.24) is 15.0 Å². The minimum atomic E-state index is -4.45. The van der Waals surface area contributed by atoms with Gasteiger partial charge < -0.3 is 10.6 Å². The Morgan fingerprint density at radius 2 is 1.84 bits per heavy atom. The van der Waals surface area contributed by atoms with E-state index >= 15 is 0 Å². The third-order valence-electron chi connectivity index (χ3n) is 4.20. The molecule has 0 fully saturated rings. The zero-order valence-electron chi connectivity index (χ0n) is 14.0. The van der Waals surface area contributed by atoms with Crippen molar-refractivity contribution in [3.8, 4) is 0 Å². The number of fused-ring (bicyclic) bond motifs is 1. The van der Waals surface area contributed by atoms with Crippen LogP contribution in [0.5, 0.6) is 0 Å². The van der Waals surface area contributed by atoms with Crippen LogP contribution in [0.3, 0.4) is 0 Å². The van der Waals surface area contributed by atoms with Crippen LogP contribution in [0.2, 0.25) is 0 Å². The van der Waals surface area contributed by atoms with E-state index in [9.17, 15) is 13.2 Å². The molecule has 0 aromatic carbocycles. The van der Waals surface area contributed by atoms with Gasteiger partial charge in [-0.05, 0) is 44.2 Å². The Morgan fingerprint density at radius 1 is 1.08 bits per heavy atom. The maximum atomic E-state index is 13.3. The van der Waals surface area contributed by atoms with Crippen LogP contribution in [0.25, 0.3) is 0 Å². The van der Waals surface area contributed by atoms with Gasteiger partial charge in [0.05, 0.1) is 0 Å². The minimum absolute atomic E-state index is 0.0428. The van der Waals surface area contributed by atoms with E-state index in [1.807, 2.05) is 13.0 Å². The summed E-state index contributed by atoms with van der Waals surface area (Å²) >= 11 is 0. The third-order valence-corrected chi connectivity index (χ3v) is 4.20. The molecule has 2 aromatic heterocycles. The fourth-order valence-corrected chi connectivity index (χ4v) is 2.95. The molecule has 25 heavy (non-hydrogen) atoms. The van der Waals surface area contributed by atoms with Crippen LogP contribution >= 0.6 is 0 Å². The zero-order valence-corrected chi connectivity index (χ0v) is 14.0. The topological polar surface area (TPSA) is 62.7 Å². The molecule has 3 rings (SSSR count). The first-order valence-electron chi connectivity index (χ1n) is 8.30. The van der Waals surface area contributed by atoms with E-state index in [-0.39, 0.29) is 11.5 Å². The van der Waals surface area contributed by atoms with Gasteiger partial charge in [0.1, 0.15) is 0 Å². The van der Waals surface area contributed by atoms with Gasteiger partial charge in [0.2, 0.25) is 5.95 Å². The van der Waals surface area contributed by atoms with Crippen molar-refractivity contribution in [2.24, 2.45) is 0 Å². The Bertz CT molecular complexity index is 746. The molecule has 0 spiro atoms. The number of aryl methyl sites for hydroxylation is 2. The lowest BCUT2D eigenvalue weighted by atomic mass is 9.94. The van der Waals surface area contributed by atoms with E-state index < -0.39 is 11.9 Å². The molecule has 0 radical (unpaired) electrons. The highest BCUT2D eigenvalue weighted by atomic mass is 19.4. The summed E-state index contributed by atoms with van der Waals surface area (Å²) in [6.45, 7) is 2.88. The number of anilines is 2. The first-order chi connectivity index (χ1) is 11.9. The molecule has 1 aliphatic carbocycles. The lowest BCUT2D eigenvalue weighted by Crippen LogP contribution is -2.22. The van der Waals surface area contributed by atoms with Gasteiger partial charge >= 0.3 is 6.18 Å². The van der Waals surface area contributed by atoms with Crippen molar-refractivity contribution < 1.29 is 13.2 Å². The summed E-state index contributed by atoms with van der Waals surface area (Å²) in [5, 5.41) is 6.11. The molecule has 8 heteroatoms. The van der Waals surface area contributed by atoms with Gasteiger partial charge in [0.15, 0.2) is 5.69 Å². The SMILES string of the molecule is Cc1cnccc1NCCNc1nc2c(c(C(F)(F)F)n1)CCCC2. The summed E-state index contributed by atoms with van der Waals surface area (Å²) < 4.78 is 39.8. The predicted octanol–water partition coefficient (Wildman–Crippen LogP) is 3.60. The van der Waals surface area contributed by atoms with Crippen molar-refractivity contribution in [1.29, 1.82) is 0 Å². The van der Waals surface area contributed by atoms with Crippen LogP contribution < -0.4 is 10.6 Å². The number of alkyl halides is 3. The highest BCUT2D eigenvalue weighted by molar-refractivity contribution is 5.48. The van der Waals surface area contributed by atoms with Gasteiger partial charge in [-0.1, -0.05) is 0 Å². The summed E-state index contributed by atoms with van der Waals surface area (Å²) in [6, 6.07) is 1.85. The van der Waals surface area contributed by atoms with E-state index in [1.54, 1.807) is 12.4 Å². The molecule has 0 amide bonds. The summed E-state index contributed by atoms with van der Waals surface area (Å²) in [5.41, 5.74) is 1.94. The monoisotopic (exact) mass is 351 g/mol. The molecular weight excluding hydrogens is 331 g/mol. The fraction of sp³-hybridized carbons (Fsp3) is 0.471. The Balaban J connectivity index is 1.67. The van der Waals surface area contributed by atoms with E-state index in [4.69, 9.17) is 0 Å². The fourth-order valence-electron chi connectivity index (χ4n) is 2.95. The molecule has 0 atom stereocenters. The maximum Gasteiger partial charge on any atom is 0.433 e. The van der Waals surface area contributed by atoms with Gasteiger partial charge in [-0.3, -0.25) is 4.98 Å². The Kier molecular flexibility index (Phi) is 5.06. The molecule has 0 saturated carbocycles. The van der Waals surface area contributed by atoms with Gasteiger partial charge in [-0.15, -0.1) is 0 Å². The number of hydrogen-bond donors (Lipinski definition) is 2. The molecule has 0 saturated heterocycles. The smallest absolute Gasteiger partial charge is 0.383 e. The molecule has 2 N–H and O–H groups in total. The predicted molar refractivity (Wildman–Crippen MR) is 89.6 cm³/mol. The normalized spacial score (nSPS) is 14.1. The van der Waals surface area contributed by atoms with E-state index in [0.717, 1.165) is 24.1 Å². The largest absolute Gasteiger partial charge is 0.433 e. The second kappa shape index (κ2) is 7.25. The van der Waals surface area contributed by atoms with Crippen LogP contribution in [0.1, 0.15) is 35.4 Å². The lowest BCUT2D eigenvalue weighted by Gasteiger charge is -2.20. The summed E-state index contributed by atoms with van der Waals surface area (Å²) in [7, 11) is 0. The number of halogens is 3. The van der Waals surface area contributed by atoms with Crippen molar-refractivity contribution in [2.75, 3.05) is 23.7 Å². The summed E-state index contributed by atoms with van der Waals surface area (Å²) in [4.78, 5) is 12.0. The first-order valence-corrected chi connectivity index (χ1v) is 8.30. The average Bonchev–Trinajstić information content (AvgIpc) is 2.58. The van der Waals surface area contributed by atoms with Crippen LogP contribution in [0.15, 0.2) is 18.5 Å². The van der Waals surface area contributed by atoms with Gasteiger partial charge in [-0.2, -0.15) is 13.2 Å². The number of aromatic nitrogens is 3. The van der Waals surface area contributed by atoms with E-state index in [2.05, 4.69) is 25.6 Å². The average molecular weight is 351 g/mol. The highest BCUT2D eigenvalue weighted by Crippen LogP contribution is 2.35. The Labute approximate surface area is 144 Å². The molecule has 0 bridgehead atoms. The molecular formula is C17H20F3N5.